The van der Waals surface area contributed by atoms with E-state index in [2.05, 4.69) is 30.4 Å². The lowest BCUT2D eigenvalue weighted by atomic mass is 9.98. The summed E-state index contributed by atoms with van der Waals surface area (Å²) >= 11 is 6.28. The molecule has 1 N–H and O–H groups in total. The van der Waals surface area contributed by atoms with Crippen LogP contribution < -0.4 is 10.1 Å². The van der Waals surface area contributed by atoms with Gasteiger partial charge in [0.15, 0.2) is 0 Å². The summed E-state index contributed by atoms with van der Waals surface area (Å²) in [5.41, 5.74) is 2.40. The van der Waals surface area contributed by atoms with E-state index < -0.39 is 0 Å². The fourth-order valence-corrected chi connectivity index (χ4v) is 2.78. The predicted octanol–water partition coefficient (Wildman–Crippen LogP) is 4.11. The van der Waals surface area contributed by atoms with Gasteiger partial charge in [0.05, 0.1) is 7.11 Å². The molecular formula is C18H22ClNO. The van der Waals surface area contributed by atoms with Gasteiger partial charge in [0, 0.05) is 11.1 Å². The largest absolute Gasteiger partial charge is 0.496 e. The average molecular weight is 304 g/mol. The minimum absolute atomic E-state index is 0.339. The summed E-state index contributed by atoms with van der Waals surface area (Å²) in [7, 11) is 1.72. The lowest BCUT2D eigenvalue weighted by Crippen LogP contribution is -2.33. The first-order valence-corrected chi connectivity index (χ1v) is 7.71. The Kier molecular flexibility index (Phi) is 6.09. The molecule has 21 heavy (non-hydrogen) atoms. The monoisotopic (exact) mass is 303 g/mol. The van der Waals surface area contributed by atoms with Crippen LogP contribution in [0.5, 0.6) is 5.75 Å². The molecular weight excluding hydrogens is 282 g/mol. The van der Waals surface area contributed by atoms with Crippen LogP contribution in [-0.2, 0) is 12.8 Å². The molecule has 0 fully saturated rings. The Morgan fingerprint density at radius 2 is 1.62 bits per heavy atom. The Labute approximate surface area is 132 Å². The van der Waals surface area contributed by atoms with Gasteiger partial charge < -0.3 is 10.1 Å². The van der Waals surface area contributed by atoms with Crippen molar-refractivity contribution in [1.29, 1.82) is 0 Å². The fraction of sp³-hybridized carbons (Fsp3) is 0.333. The van der Waals surface area contributed by atoms with Crippen LogP contribution in [0, 0.1) is 0 Å². The molecule has 2 rings (SSSR count). The van der Waals surface area contributed by atoms with Crippen LogP contribution in [0.1, 0.15) is 18.1 Å². The van der Waals surface area contributed by atoms with Crippen LogP contribution in [-0.4, -0.2) is 19.7 Å². The third-order valence-corrected chi connectivity index (χ3v) is 3.94. The third-order valence-electron chi connectivity index (χ3n) is 3.58. The van der Waals surface area contributed by atoms with E-state index in [4.69, 9.17) is 16.3 Å². The van der Waals surface area contributed by atoms with Gasteiger partial charge in [-0.15, -0.1) is 0 Å². The van der Waals surface area contributed by atoms with Gasteiger partial charge in [-0.1, -0.05) is 54.9 Å². The van der Waals surface area contributed by atoms with E-state index in [0.717, 1.165) is 30.2 Å². The maximum absolute atomic E-state index is 6.28. The van der Waals surface area contributed by atoms with Crippen molar-refractivity contribution in [3.05, 3.63) is 64.7 Å². The van der Waals surface area contributed by atoms with Gasteiger partial charge in [0.1, 0.15) is 5.75 Å². The van der Waals surface area contributed by atoms with Crippen molar-refractivity contribution in [2.75, 3.05) is 13.7 Å². The first kappa shape index (κ1) is 15.9. The molecule has 0 saturated carbocycles. The number of ether oxygens (including phenoxy) is 1. The van der Waals surface area contributed by atoms with E-state index in [1.165, 1.54) is 11.1 Å². The molecule has 0 aliphatic heterocycles. The second-order valence-electron chi connectivity index (χ2n) is 5.07. The Morgan fingerprint density at radius 1 is 1.00 bits per heavy atom. The van der Waals surface area contributed by atoms with E-state index in [0.29, 0.717) is 6.04 Å². The van der Waals surface area contributed by atoms with Crippen LogP contribution >= 0.6 is 11.6 Å². The molecule has 112 valence electrons. The average Bonchev–Trinajstić information content (AvgIpc) is 2.50. The van der Waals surface area contributed by atoms with E-state index in [9.17, 15) is 0 Å². The highest BCUT2D eigenvalue weighted by molar-refractivity contribution is 6.31. The zero-order chi connectivity index (χ0) is 15.1. The fourth-order valence-electron chi connectivity index (χ4n) is 2.57. The minimum Gasteiger partial charge on any atom is -0.496 e. The molecule has 0 aromatic heterocycles. The predicted molar refractivity (Wildman–Crippen MR) is 89.3 cm³/mol. The van der Waals surface area contributed by atoms with Crippen LogP contribution in [0.15, 0.2) is 48.5 Å². The second kappa shape index (κ2) is 8.06. The molecule has 2 aromatic rings. The SMILES string of the molecule is CCNC(Cc1ccccc1Cl)Cc1ccccc1OC. The number of benzene rings is 2. The summed E-state index contributed by atoms with van der Waals surface area (Å²) < 4.78 is 5.44. The zero-order valence-electron chi connectivity index (χ0n) is 12.6. The Hall–Kier alpha value is -1.51. The normalized spacial score (nSPS) is 12.1. The Balaban J connectivity index is 2.14. The van der Waals surface area contributed by atoms with Crippen LogP contribution in [0.4, 0.5) is 0 Å². The van der Waals surface area contributed by atoms with E-state index in [-0.39, 0.29) is 0 Å². The number of rotatable bonds is 7. The highest BCUT2D eigenvalue weighted by atomic mass is 35.5. The summed E-state index contributed by atoms with van der Waals surface area (Å²) in [4.78, 5) is 0. The van der Waals surface area contributed by atoms with E-state index in [1.807, 2.05) is 30.3 Å². The van der Waals surface area contributed by atoms with Crippen LogP contribution in [0.25, 0.3) is 0 Å². The maximum Gasteiger partial charge on any atom is 0.122 e. The summed E-state index contributed by atoms with van der Waals surface area (Å²) in [5.74, 6) is 0.944. The molecule has 0 heterocycles. The smallest absolute Gasteiger partial charge is 0.122 e. The van der Waals surface area contributed by atoms with Crippen molar-refractivity contribution < 1.29 is 4.74 Å². The standard InChI is InChI=1S/C18H22ClNO/c1-3-20-16(12-14-8-4-6-10-17(14)19)13-15-9-5-7-11-18(15)21-2/h4-11,16,20H,3,12-13H2,1-2H3. The lowest BCUT2D eigenvalue weighted by Gasteiger charge is -2.20. The van der Waals surface area contributed by atoms with E-state index >= 15 is 0 Å². The summed E-state index contributed by atoms with van der Waals surface area (Å²) in [6.45, 7) is 3.06. The Morgan fingerprint density at radius 3 is 2.29 bits per heavy atom. The number of nitrogens with one attached hydrogen (secondary N) is 1. The van der Waals surface area contributed by atoms with Crippen molar-refractivity contribution >= 4 is 11.6 Å². The minimum atomic E-state index is 0.339. The van der Waals surface area contributed by atoms with Gasteiger partial charge in [0.2, 0.25) is 0 Å². The van der Waals surface area contributed by atoms with Gasteiger partial charge in [0.25, 0.3) is 0 Å². The molecule has 0 aliphatic rings. The number of para-hydroxylation sites is 1. The second-order valence-corrected chi connectivity index (χ2v) is 5.47. The number of methoxy groups -OCH3 is 1. The number of halogens is 1. The highest BCUT2D eigenvalue weighted by Crippen LogP contribution is 2.22. The van der Waals surface area contributed by atoms with Crippen molar-refractivity contribution in [1.82, 2.24) is 5.32 Å². The van der Waals surface area contributed by atoms with Gasteiger partial charge in [-0.3, -0.25) is 0 Å². The number of hydrogen-bond acceptors (Lipinski definition) is 2. The third kappa shape index (κ3) is 4.48. The molecule has 2 nitrogen and oxygen atoms in total. The van der Waals surface area contributed by atoms with Gasteiger partial charge >= 0.3 is 0 Å². The van der Waals surface area contributed by atoms with E-state index in [1.54, 1.807) is 7.11 Å². The molecule has 0 bridgehead atoms. The maximum atomic E-state index is 6.28. The summed E-state index contributed by atoms with van der Waals surface area (Å²) in [5, 5.41) is 4.38. The Bertz CT molecular complexity index is 571. The van der Waals surface area contributed by atoms with Crippen molar-refractivity contribution in [2.45, 2.75) is 25.8 Å². The molecule has 1 atom stereocenters. The lowest BCUT2D eigenvalue weighted by molar-refractivity contribution is 0.404. The molecule has 0 saturated heterocycles. The van der Waals surface area contributed by atoms with Gasteiger partial charge in [-0.05, 0) is 42.6 Å². The zero-order valence-corrected chi connectivity index (χ0v) is 13.4. The number of likely N-dealkylation sites (N-methyl/N-ethyl adjacent to an activating group) is 1. The van der Waals surface area contributed by atoms with Crippen molar-refractivity contribution in [2.24, 2.45) is 0 Å². The molecule has 2 aromatic carbocycles. The molecule has 0 amide bonds. The van der Waals surface area contributed by atoms with Crippen molar-refractivity contribution in [3.8, 4) is 5.75 Å². The van der Waals surface area contributed by atoms with Crippen LogP contribution in [0.2, 0.25) is 5.02 Å². The van der Waals surface area contributed by atoms with Crippen molar-refractivity contribution in [3.63, 3.8) is 0 Å². The summed E-state index contributed by atoms with van der Waals surface area (Å²) in [6.07, 6.45) is 1.83. The molecule has 0 radical (unpaired) electrons. The first-order chi connectivity index (χ1) is 10.2. The summed E-state index contributed by atoms with van der Waals surface area (Å²) in [6, 6.07) is 16.6. The van der Waals surface area contributed by atoms with Gasteiger partial charge in [-0.2, -0.15) is 0 Å². The highest BCUT2D eigenvalue weighted by Gasteiger charge is 2.13. The first-order valence-electron chi connectivity index (χ1n) is 7.33. The molecule has 1 unspecified atom stereocenters. The molecule has 0 spiro atoms. The molecule has 3 heteroatoms. The van der Waals surface area contributed by atoms with Gasteiger partial charge in [-0.25, -0.2) is 0 Å². The molecule has 0 aliphatic carbocycles. The topological polar surface area (TPSA) is 21.3 Å². The van der Waals surface area contributed by atoms with Crippen LogP contribution in [0.3, 0.4) is 0 Å². The number of hydrogen-bond donors (Lipinski definition) is 1. The quantitative estimate of drug-likeness (QED) is 0.831.